The van der Waals surface area contributed by atoms with Gasteiger partial charge in [0.05, 0.1) is 0 Å². The van der Waals surface area contributed by atoms with Crippen LogP contribution >= 0.6 is 15.9 Å². The number of Topliss-reactive ketones (excluding diaryl/α,β-unsaturated/α-hetero) is 1. The maximum Gasteiger partial charge on any atom is 0.133 e. The lowest BCUT2D eigenvalue weighted by atomic mass is 10.1. The van der Waals surface area contributed by atoms with Gasteiger partial charge in [0.25, 0.3) is 0 Å². The molecule has 0 spiro atoms. The van der Waals surface area contributed by atoms with E-state index in [9.17, 15) is 4.79 Å². The van der Waals surface area contributed by atoms with Gasteiger partial charge in [-0.2, -0.15) is 0 Å². The first kappa shape index (κ1) is 8.15. The predicted molar refractivity (Wildman–Crippen MR) is 38.2 cm³/mol. The van der Waals surface area contributed by atoms with Crippen molar-refractivity contribution in [3.05, 3.63) is 0 Å². The lowest BCUT2D eigenvalue weighted by molar-refractivity contribution is -0.120. The molecule has 0 radical (unpaired) electrons. The zero-order chi connectivity index (χ0) is 6.73. The molecule has 0 N–H and O–H groups in total. The third-order valence-corrected chi connectivity index (χ3v) is 2.12. The van der Waals surface area contributed by atoms with Crippen LogP contribution in [0, 0.1) is 5.92 Å². The van der Waals surface area contributed by atoms with Crippen LogP contribution in [-0.4, -0.2) is 10.6 Å². The monoisotopic (exact) mass is 178 g/mol. The maximum atomic E-state index is 10.6. The molecule has 0 aliphatic heterocycles. The Balaban J connectivity index is 3.64. The van der Waals surface area contributed by atoms with Crippen molar-refractivity contribution in [1.82, 2.24) is 0 Å². The largest absolute Gasteiger partial charge is 0.300 e. The highest BCUT2D eigenvalue weighted by Crippen LogP contribution is 2.11. The fourth-order valence-electron chi connectivity index (χ4n) is 0.323. The Kier molecular flexibility index (Phi) is 3.29. The van der Waals surface area contributed by atoms with Crippen LogP contribution in [0.2, 0.25) is 0 Å². The van der Waals surface area contributed by atoms with E-state index in [2.05, 4.69) is 15.9 Å². The van der Waals surface area contributed by atoms with Gasteiger partial charge in [-0.05, 0) is 6.92 Å². The highest BCUT2D eigenvalue weighted by Gasteiger charge is 2.11. The summed E-state index contributed by atoms with van der Waals surface area (Å²) in [5.74, 6) is 0.393. The number of alkyl halides is 1. The molecule has 0 aromatic rings. The first-order valence-corrected chi connectivity index (χ1v) is 3.61. The van der Waals surface area contributed by atoms with Crippen LogP contribution in [0.3, 0.4) is 0 Å². The quantitative estimate of drug-likeness (QED) is 0.592. The van der Waals surface area contributed by atoms with Gasteiger partial charge < -0.3 is 0 Å². The van der Waals surface area contributed by atoms with Gasteiger partial charge in [0.15, 0.2) is 0 Å². The Morgan fingerprint density at radius 3 is 1.88 bits per heavy atom. The first-order chi connectivity index (χ1) is 3.55. The number of halogens is 1. The van der Waals surface area contributed by atoms with Gasteiger partial charge in [-0.25, -0.2) is 0 Å². The van der Waals surface area contributed by atoms with Gasteiger partial charge in [0, 0.05) is 10.7 Å². The molecule has 0 fully saturated rings. The van der Waals surface area contributed by atoms with Crippen LogP contribution in [0.25, 0.3) is 0 Å². The molecule has 8 heavy (non-hydrogen) atoms. The standard InChI is InChI=1S/C6H11BrO/c1-4(5(2)7)6(3)8/h4-5H,1-3H3/t4-,5+/m0/s1. The molecule has 0 bridgehead atoms. The summed E-state index contributed by atoms with van der Waals surface area (Å²) in [6.45, 7) is 5.51. The lowest BCUT2D eigenvalue weighted by Crippen LogP contribution is -2.14. The molecule has 0 saturated heterocycles. The summed E-state index contributed by atoms with van der Waals surface area (Å²) in [4.78, 5) is 10.9. The summed E-state index contributed by atoms with van der Waals surface area (Å²) in [5, 5.41) is 0. The van der Waals surface area contributed by atoms with Crippen molar-refractivity contribution < 1.29 is 4.79 Å². The normalized spacial score (nSPS) is 17.5. The van der Waals surface area contributed by atoms with E-state index in [0.717, 1.165) is 0 Å². The van der Waals surface area contributed by atoms with Crippen LogP contribution in [0.15, 0.2) is 0 Å². The van der Waals surface area contributed by atoms with Crippen molar-refractivity contribution in [1.29, 1.82) is 0 Å². The van der Waals surface area contributed by atoms with Crippen molar-refractivity contribution in [3.63, 3.8) is 0 Å². The third-order valence-electron chi connectivity index (χ3n) is 1.33. The Morgan fingerprint density at radius 2 is 1.88 bits per heavy atom. The average molecular weight is 179 g/mol. The summed E-state index contributed by atoms with van der Waals surface area (Å²) < 4.78 is 0. The van der Waals surface area contributed by atoms with Crippen molar-refractivity contribution in [3.8, 4) is 0 Å². The van der Waals surface area contributed by atoms with E-state index in [-0.39, 0.29) is 11.7 Å². The number of carbonyl (C=O) groups excluding carboxylic acids is 1. The third kappa shape index (κ3) is 2.46. The van der Waals surface area contributed by atoms with Gasteiger partial charge in [-0.1, -0.05) is 29.8 Å². The SMILES string of the molecule is CC(=O)[C@@H](C)[C@@H](C)Br. The Bertz CT molecular complexity index is 88.5. The molecule has 2 atom stereocenters. The van der Waals surface area contributed by atoms with Crippen molar-refractivity contribution in [2.45, 2.75) is 25.6 Å². The molecule has 48 valence electrons. The van der Waals surface area contributed by atoms with Crippen molar-refractivity contribution in [2.75, 3.05) is 0 Å². The molecular formula is C6H11BrO. The molecule has 0 amide bonds. The van der Waals surface area contributed by atoms with Gasteiger partial charge in [-0.15, -0.1) is 0 Å². The van der Waals surface area contributed by atoms with E-state index >= 15 is 0 Å². The molecule has 0 heterocycles. The van der Waals surface area contributed by atoms with Gasteiger partial charge in [0.2, 0.25) is 0 Å². The van der Waals surface area contributed by atoms with E-state index in [0.29, 0.717) is 4.83 Å². The Morgan fingerprint density at radius 1 is 1.50 bits per heavy atom. The molecule has 0 aliphatic carbocycles. The summed E-state index contributed by atoms with van der Waals surface area (Å²) in [7, 11) is 0. The molecule has 0 aromatic heterocycles. The minimum Gasteiger partial charge on any atom is -0.300 e. The van der Waals surface area contributed by atoms with E-state index in [1.54, 1.807) is 6.92 Å². The highest BCUT2D eigenvalue weighted by atomic mass is 79.9. The van der Waals surface area contributed by atoms with Gasteiger partial charge in [0.1, 0.15) is 5.78 Å². The second-order valence-corrected chi connectivity index (χ2v) is 3.52. The van der Waals surface area contributed by atoms with Gasteiger partial charge >= 0.3 is 0 Å². The van der Waals surface area contributed by atoms with E-state index in [1.165, 1.54) is 0 Å². The van der Waals surface area contributed by atoms with Gasteiger partial charge in [-0.3, -0.25) is 4.79 Å². The van der Waals surface area contributed by atoms with E-state index in [1.807, 2.05) is 13.8 Å². The highest BCUT2D eigenvalue weighted by molar-refractivity contribution is 9.09. The fourth-order valence-corrected chi connectivity index (χ4v) is 0.696. The average Bonchev–Trinajstić information content (AvgIpc) is 1.64. The second kappa shape index (κ2) is 3.23. The van der Waals surface area contributed by atoms with E-state index in [4.69, 9.17) is 0 Å². The van der Waals surface area contributed by atoms with Crippen LogP contribution in [-0.2, 0) is 4.79 Å². The van der Waals surface area contributed by atoms with E-state index < -0.39 is 0 Å². The Hall–Kier alpha value is 0.150. The van der Waals surface area contributed by atoms with Crippen molar-refractivity contribution in [2.24, 2.45) is 5.92 Å². The number of hydrogen-bond acceptors (Lipinski definition) is 1. The summed E-state index contributed by atoms with van der Waals surface area (Å²) >= 11 is 3.32. The van der Waals surface area contributed by atoms with Crippen LogP contribution in [0.4, 0.5) is 0 Å². The molecule has 0 aromatic carbocycles. The van der Waals surface area contributed by atoms with Crippen LogP contribution in [0.5, 0.6) is 0 Å². The number of hydrogen-bond donors (Lipinski definition) is 0. The fraction of sp³-hybridized carbons (Fsp3) is 0.833. The molecule has 0 rings (SSSR count). The molecule has 0 aliphatic rings. The topological polar surface area (TPSA) is 17.1 Å². The minimum atomic E-state index is 0.148. The van der Waals surface area contributed by atoms with Crippen LogP contribution < -0.4 is 0 Å². The molecule has 2 heteroatoms. The first-order valence-electron chi connectivity index (χ1n) is 2.70. The number of rotatable bonds is 2. The zero-order valence-corrected chi connectivity index (χ0v) is 7.03. The number of carbonyl (C=O) groups is 1. The van der Waals surface area contributed by atoms with Crippen LogP contribution in [0.1, 0.15) is 20.8 Å². The number of ketones is 1. The minimum absolute atomic E-state index is 0.148. The summed E-state index contributed by atoms with van der Waals surface area (Å²) in [6, 6.07) is 0. The maximum absolute atomic E-state index is 10.6. The smallest absolute Gasteiger partial charge is 0.133 e. The second-order valence-electron chi connectivity index (χ2n) is 2.08. The van der Waals surface area contributed by atoms with Crippen molar-refractivity contribution >= 4 is 21.7 Å². The molecule has 0 saturated carbocycles. The predicted octanol–water partition coefficient (Wildman–Crippen LogP) is 1.99. The molecular weight excluding hydrogens is 168 g/mol. The molecule has 1 nitrogen and oxygen atoms in total. The zero-order valence-electron chi connectivity index (χ0n) is 5.44. The molecule has 0 unspecified atom stereocenters. The summed E-state index contributed by atoms with van der Waals surface area (Å²) in [5.41, 5.74) is 0. The Labute approximate surface area is 58.6 Å². The summed E-state index contributed by atoms with van der Waals surface area (Å²) in [6.07, 6.45) is 0. The lowest BCUT2D eigenvalue weighted by Gasteiger charge is -2.07.